The van der Waals surface area contributed by atoms with Gasteiger partial charge in [0.2, 0.25) is 0 Å². The molecule has 0 aliphatic carbocycles. The van der Waals surface area contributed by atoms with Crippen LogP contribution < -0.4 is 5.56 Å². The molecule has 0 aliphatic heterocycles. The van der Waals surface area contributed by atoms with Crippen LogP contribution in [-0.4, -0.2) is 13.0 Å². The zero-order chi connectivity index (χ0) is 12.8. The molecular weight excluding hydrogens is 285 g/mol. The molecule has 1 heterocycles. The number of aromatic nitrogens is 1. The van der Waals surface area contributed by atoms with Gasteiger partial charge in [0, 0.05) is 39.7 Å². The van der Waals surface area contributed by atoms with Gasteiger partial charge in [-0.2, -0.15) is 0 Å². The highest BCUT2D eigenvalue weighted by Crippen LogP contribution is 2.25. The summed E-state index contributed by atoms with van der Waals surface area (Å²) < 4.78 is 24.0. The number of hydrogen-bond donors (Lipinski definition) is 0. The summed E-state index contributed by atoms with van der Waals surface area (Å²) in [7, 11) is 2.87. The molecule has 4 nitrogen and oxygen atoms in total. The highest BCUT2D eigenvalue weighted by Gasteiger charge is 2.17. The molecule has 0 aliphatic rings. The third-order valence-corrected chi connectivity index (χ3v) is 3.96. The summed E-state index contributed by atoms with van der Waals surface area (Å²) in [5, 5.41) is 0.855. The predicted octanol–water partition coefficient (Wildman–Crippen LogP) is 2.12. The molecule has 0 atom stereocenters. The van der Waals surface area contributed by atoms with Crippen LogP contribution in [0.15, 0.2) is 34.1 Å². The van der Waals surface area contributed by atoms with Crippen molar-refractivity contribution in [3.63, 3.8) is 0 Å². The van der Waals surface area contributed by atoms with E-state index in [-0.39, 0.29) is 21.2 Å². The highest BCUT2D eigenvalue weighted by atomic mass is 35.7. The van der Waals surface area contributed by atoms with Crippen LogP contribution in [0.2, 0.25) is 5.02 Å². The quantitative estimate of drug-likeness (QED) is 0.756. The molecule has 0 bridgehead atoms. The van der Waals surface area contributed by atoms with E-state index >= 15 is 0 Å². The molecule has 0 amide bonds. The topological polar surface area (TPSA) is 56.1 Å². The van der Waals surface area contributed by atoms with Gasteiger partial charge in [-0.3, -0.25) is 4.79 Å². The van der Waals surface area contributed by atoms with E-state index in [1.165, 1.54) is 31.4 Å². The Balaban J connectivity index is 3.08. The number of halogens is 2. The number of hydrogen-bond acceptors (Lipinski definition) is 3. The van der Waals surface area contributed by atoms with Crippen molar-refractivity contribution in [1.82, 2.24) is 4.57 Å². The van der Waals surface area contributed by atoms with Gasteiger partial charge in [-0.25, -0.2) is 8.42 Å². The van der Waals surface area contributed by atoms with Crippen molar-refractivity contribution in [3.05, 3.63) is 39.8 Å². The Kier molecular flexibility index (Phi) is 2.93. The van der Waals surface area contributed by atoms with Gasteiger partial charge < -0.3 is 4.57 Å². The zero-order valence-electron chi connectivity index (χ0n) is 8.65. The number of fused-ring (bicyclic) bond motifs is 1. The first-order valence-corrected chi connectivity index (χ1v) is 7.23. The Morgan fingerprint density at radius 1 is 1.24 bits per heavy atom. The van der Waals surface area contributed by atoms with Crippen molar-refractivity contribution in [2.24, 2.45) is 7.05 Å². The molecule has 0 N–H and O–H groups in total. The molecule has 2 aromatic rings. The maximum atomic E-state index is 11.8. The molecule has 90 valence electrons. The van der Waals surface area contributed by atoms with Crippen LogP contribution in [0.5, 0.6) is 0 Å². The predicted molar refractivity (Wildman–Crippen MR) is 67.2 cm³/mol. The number of benzene rings is 1. The molecule has 0 unspecified atom stereocenters. The second-order valence-corrected chi connectivity index (χ2v) is 6.51. The number of aryl methyl sites for hydroxylation is 1. The highest BCUT2D eigenvalue weighted by molar-refractivity contribution is 8.14. The lowest BCUT2D eigenvalue weighted by atomic mass is 10.2. The molecular formula is C10H7Cl2NO3S. The van der Waals surface area contributed by atoms with Crippen LogP contribution in [0.1, 0.15) is 0 Å². The molecule has 17 heavy (non-hydrogen) atoms. The molecule has 0 spiro atoms. The number of nitrogens with zero attached hydrogens (tertiary/aromatic N) is 1. The van der Waals surface area contributed by atoms with E-state index in [1.54, 1.807) is 0 Å². The van der Waals surface area contributed by atoms with E-state index in [0.717, 1.165) is 4.57 Å². The summed E-state index contributed by atoms with van der Waals surface area (Å²) in [6.45, 7) is 0. The Labute approximate surface area is 107 Å². The van der Waals surface area contributed by atoms with Gasteiger partial charge >= 0.3 is 0 Å². The molecule has 1 aromatic carbocycles. The second-order valence-electron chi connectivity index (χ2n) is 3.54. The lowest BCUT2D eigenvalue weighted by Crippen LogP contribution is -2.17. The minimum absolute atomic E-state index is 0.104. The van der Waals surface area contributed by atoms with Gasteiger partial charge in [0.05, 0.1) is 0 Å². The van der Waals surface area contributed by atoms with Gasteiger partial charge in [-0.1, -0.05) is 17.7 Å². The summed E-state index contributed by atoms with van der Waals surface area (Å²) in [6, 6.07) is 4.40. The normalized spacial score (nSPS) is 11.9. The summed E-state index contributed by atoms with van der Waals surface area (Å²) in [6.07, 6.45) is 1.20. The average molecular weight is 292 g/mol. The third kappa shape index (κ3) is 2.18. The standard InChI is InChI=1S/C10H7Cl2NO3S/c1-13-5-9(17(12,15)16)7-3-2-6(11)4-8(7)10(13)14/h2-5H,1H3. The molecule has 0 saturated carbocycles. The molecule has 7 heteroatoms. The minimum atomic E-state index is -3.91. The lowest BCUT2D eigenvalue weighted by Gasteiger charge is -2.06. The van der Waals surface area contributed by atoms with E-state index in [1.807, 2.05) is 0 Å². The Bertz CT molecular complexity index is 765. The fraction of sp³-hybridized carbons (Fsp3) is 0.100. The SMILES string of the molecule is Cn1cc(S(=O)(=O)Cl)c2ccc(Cl)cc2c1=O. The van der Waals surface area contributed by atoms with Gasteiger partial charge in [-0.15, -0.1) is 0 Å². The summed E-state index contributed by atoms with van der Waals surface area (Å²) >= 11 is 5.78. The largest absolute Gasteiger partial charge is 0.317 e. The fourth-order valence-electron chi connectivity index (χ4n) is 1.60. The van der Waals surface area contributed by atoms with Crippen LogP contribution in [0.3, 0.4) is 0 Å². The zero-order valence-corrected chi connectivity index (χ0v) is 11.0. The van der Waals surface area contributed by atoms with Crippen molar-refractivity contribution >= 4 is 42.1 Å². The van der Waals surface area contributed by atoms with Crippen LogP contribution >= 0.6 is 22.3 Å². The number of rotatable bonds is 1. The van der Waals surface area contributed by atoms with Gasteiger partial charge in [-0.05, 0) is 12.1 Å². The van der Waals surface area contributed by atoms with Crippen molar-refractivity contribution in [2.45, 2.75) is 4.90 Å². The average Bonchev–Trinajstić information content (AvgIpc) is 2.22. The third-order valence-electron chi connectivity index (χ3n) is 2.37. The minimum Gasteiger partial charge on any atom is -0.317 e. The van der Waals surface area contributed by atoms with Gasteiger partial charge in [0.25, 0.3) is 14.6 Å². The van der Waals surface area contributed by atoms with Crippen LogP contribution in [-0.2, 0) is 16.1 Å². The maximum absolute atomic E-state index is 11.8. The monoisotopic (exact) mass is 291 g/mol. The molecule has 0 radical (unpaired) electrons. The molecule has 2 rings (SSSR count). The van der Waals surface area contributed by atoms with E-state index in [4.69, 9.17) is 22.3 Å². The van der Waals surface area contributed by atoms with Gasteiger partial charge in [0.1, 0.15) is 4.90 Å². The maximum Gasteiger partial charge on any atom is 0.263 e. The number of pyridine rings is 1. The van der Waals surface area contributed by atoms with E-state index in [9.17, 15) is 13.2 Å². The van der Waals surface area contributed by atoms with Crippen LogP contribution in [0.4, 0.5) is 0 Å². The van der Waals surface area contributed by atoms with Crippen molar-refractivity contribution in [1.29, 1.82) is 0 Å². The first-order chi connectivity index (χ1) is 7.80. The van der Waals surface area contributed by atoms with E-state index in [0.29, 0.717) is 5.02 Å². The summed E-state index contributed by atoms with van der Waals surface area (Å²) in [5.41, 5.74) is -0.327. The lowest BCUT2D eigenvalue weighted by molar-refractivity contribution is 0.609. The van der Waals surface area contributed by atoms with Crippen molar-refractivity contribution in [3.8, 4) is 0 Å². The first-order valence-electron chi connectivity index (χ1n) is 4.54. The summed E-state index contributed by atoms with van der Waals surface area (Å²) in [4.78, 5) is 11.7. The smallest absolute Gasteiger partial charge is 0.263 e. The Hall–Kier alpha value is -1.04. The molecule has 1 aromatic heterocycles. The Morgan fingerprint density at radius 3 is 2.47 bits per heavy atom. The van der Waals surface area contributed by atoms with Crippen molar-refractivity contribution < 1.29 is 8.42 Å². The molecule has 0 saturated heterocycles. The fourth-order valence-corrected chi connectivity index (χ4v) is 2.86. The Morgan fingerprint density at radius 2 is 1.88 bits per heavy atom. The van der Waals surface area contributed by atoms with Crippen LogP contribution in [0, 0.1) is 0 Å². The first kappa shape index (κ1) is 12.4. The van der Waals surface area contributed by atoms with E-state index in [2.05, 4.69) is 0 Å². The second kappa shape index (κ2) is 4.01. The molecule has 0 fully saturated rings. The van der Waals surface area contributed by atoms with Crippen molar-refractivity contribution in [2.75, 3.05) is 0 Å². The summed E-state index contributed by atoms with van der Waals surface area (Å²) in [5.74, 6) is 0. The van der Waals surface area contributed by atoms with Gasteiger partial charge in [0.15, 0.2) is 0 Å². The van der Waals surface area contributed by atoms with Crippen LogP contribution in [0.25, 0.3) is 10.8 Å². The van der Waals surface area contributed by atoms with E-state index < -0.39 is 9.05 Å².